The zero-order chi connectivity index (χ0) is 23.1. The lowest BCUT2D eigenvalue weighted by Crippen LogP contribution is -2.61. The molecule has 1 aliphatic heterocycles. The summed E-state index contributed by atoms with van der Waals surface area (Å²) in [5, 5.41) is 4.51. The molecule has 0 spiro atoms. The zero-order valence-electron chi connectivity index (χ0n) is 18.5. The van der Waals surface area contributed by atoms with Crippen LogP contribution in [0.4, 0.5) is 4.79 Å². The van der Waals surface area contributed by atoms with E-state index in [0.717, 1.165) is 0 Å². The van der Waals surface area contributed by atoms with Crippen LogP contribution in [-0.4, -0.2) is 73.0 Å². The van der Waals surface area contributed by atoms with Crippen LogP contribution >= 0.6 is 0 Å². The van der Waals surface area contributed by atoms with E-state index in [0.29, 0.717) is 5.01 Å². The third kappa shape index (κ3) is 5.00. The number of hydrogen-bond donors (Lipinski definition) is 0. The van der Waals surface area contributed by atoms with E-state index in [2.05, 4.69) is 5.10 Å². The fraction of sp³-hybridized carbons (Fsp3) is 0.737. The molecule has 1 unspecified atom stereocenters. The van der Waals surface area contributed by atoms with Crippen molar-refractivity contribution in [2.45, 2.75) is 60.1 Å². The van der Waals surface area contributed by atoms with E-state index in [1.807, 2.05) is 0 Å². The number of hydrogen-bond acceptors (Lipinski definition) is 10. The van der Waals surface area contributed by atoms with Crippen LogP contribution < -0.4 is 0 Å². The molecule has 170 valence electrons. The van der Waals surface area contributed by atoms with Gasteiger partial charge in [0.2, 0.25) is 5.90 Å². The molecule has 0 bridgehead atoms. The molecule has 1 atom stereocenters. The third-order valence-electron chi connectivity index (χ3n) is 3.75. The maximum atomic E-state index is 13.1. The molecular weight excluding hydrogens is 400 g/mol. The highest BCUT2D eigenvalue weighted by Gasteiger charge is 2.71. The van der Waals surface area contributed by atoms with Gasteiger partial charge in [0.25, 0.3) is 5.41 Å². The van der Waals surface area contributed by atoms with Gasteiger partial charge in [-0.15, -0.1) is 5.10 Å². The average Bonchev–Trinajstić information content (AvgIpc) is 2.97. The summed E-state index contributed by atoms with van der Waals surface area (Å²) < 4.78 is 25.9. The van der Waals surface area contributed by atoms with Gasteiger partial charge in [0, 0.05) is 0 Å². The molecule has 1 aliphatic rings. The number of rotatable bonds is 7. The van der Waals surface area contributed by atoms with E-state index in [1.165, 1.54) is 13.8 Å². The Labute approximate surface area is 175 Å². The Kier molecular flexibility index (Phi) is 8.61. The zero-order valence-corrected chi connectivity index (χ0v) is 18.5. The summed E-state index contributed by atoms with van der Waals surface area (Å²) >= 11 is 0. The molecule has 0 saturated carbocycles. The van der Waals surface area contributed by atoms with E-state index in [9.17, 15) is 19.2 Å². The van der Waals surface area contributed by atoms with Crippen LogP contribution in [0.2, 0.25) is 0 Å². The van der Waals surface area contributed by atoms with Gasteiger partial charge in [0.15, 0.2) is 6.04 Å². The summed E-state index contributed by atoms with van der Waals surface area (Å²) in [4.78, 5) is 51.9. The van der Waals surface area contributed by atoms with Gasteiger partial charge in [-0.3, -0.25) is 9.59 Å². The number of carbonyl (C=O) groups excluding carboxylic acids is 4. The molecule has 0 aromatic heterocycles. The Morgan fingerprint density at radius 3 is 1.80 bits per heavy atom. The molecule has 0 N–H and O–H groups in total. The maximum absolute atomic E-state index is 13.1. The Balaban J connectivity index is 3.77. The Morgan fingerprint density at radius 1 is 0.900 bits per heavy atom. The lowest BCUT2D eigenvalue weighted by molar-refractivity contribution is -0.180. The predicted octanol–water partition coefficient (Wildman–Crippen LogP) is 1.63. The van der Waals surface area contributed by atoms with E-state index < -0.39 is 47.0 Å². The predicted molar refractivity (Wildman–Crippen MR) is 103 cm³/mol. The van der Waals surface area contributed by atoms with Crippen molar-refractivity contribution in [2.75, 3.05) is 26.4 Å². The second-order valence-electron chi connectivity index (χ2n) is 7.07. The Hall–Kier alpha value is -2.85. The van der Waals surface area contributed by atoms with E-state index >= 15 is 0 Å². The summed E-state index contributed by atoms with van der Waals surface area (Å²) in [6.45, 7) is 10.7. The third-order valence-corrected chi connectivity index (χ3v) is 3.75. The van der Waals surface area contributed by atoms with Gasteiger partial charge < -0.3 is 23.7 Å². The fourth-order valence-corrected chi connectivity index (χ4v) is 2.76. The second kappa shape index (κ2) is 10.3. The van der Waals surface area contributed by atoms with Gasteiger partial charge in [0.05, 0.1) is 26.4 Å². The Bertz CT molecular complexity index is 679. The maximum Gasteiger partial charge on any atom is 0.431 e. The summed E-state index contributed by atoms with van der Waals surface area (Å²) in [5.41, 5.74) is -3.50. The molecule has 0 aliphatic carbocycles. The van der Waals surface area contributed by atoms with Crippen LogP contribution in [0.1, 0.15) is 48.5 Å². The minimum Gasteiger partial charge on any atom is -0.479 e. The second-order valence-corrected chi connectivity index (χ2v) is 7.07. The SMILES string of the molecule is CCOC(=O)N1N=C(OCC)C(C(=O)OCC)(C(=O)OCC)C1C(=O)OC(C)(C)C. The first kappa shape index (κ1) is 25.2. The van der Waals surface area contributed by atoms with Crippen molar-refractivity contribution in [3.63, 3.8) is 0 Å². The van der Waals surface area contributed by atoms with E-state index in [-0.39, 0.29) is 26.4 Å². The largest absolute Gasteiger partial charge is 0.479 e. The highest BCUT2D eigenvalue weighted by Crippen LogP contribution is 2.40. The average molecular weight is 430 g/mol. The molecule has 0 aromatic carbocycles. The number of hydrazone groups is 1. The number of amides is 1. The van der Waals surface area contributed by atoms with Crippen molar-refractivity contribution in [1.82, 2.24) is 5.01 Å². The fourth-order valence-electron chi connectivity index (χ4n) is 2.76. The van der Waals surface area contributed by atoms with Gasteiger partial charge in [0.1, 0.15) is 5.60 Å². The summed E-state index contributed by atoms with van der Waals surface area (Å²) in [6, 6.07) is -1.88. The number of esters is 3. The van der Waals surface area contributed by atoms with Crippen molar-refractivity contribution in [3.05, 3.63) is 0 Å². The standard InChI is InChI=1S/C19H30N2O9/c1-8-26-14-19(15(23)27-9-2,16(24)28-10-3)12(13(22)30-18(5,6)7)21(20-14)17(25)29-11-4/h12H,8-11H2,1-7H3. The first-order valence-electron chi connectivity index (χ1n) is 9.76. The highest BCUT2D eigenvalue weighted by molar-refractivity contribution is 6.24. The van der Waals surface area contributed by atoms with Gasteiger partial charge >= 0.3 is 24.0 Å². The summed E-state index contributed by atoms with van der Waals surface area (Å²) in [6.07, 6.45) is -1.07. The van der Waals surface area contributed by atoms with Crippen LogP contribution in [0.15, 0.2) is 5.10 Å². The smallest absolute Gasteiger partial charge is 0.431 e. The van der Waals surface area contributed by atoms with Crippen molar-refractivity contribution in [2.24, 2.45) is 10.5 Å². The summed E-state index contributed by atoms with van der Waals surface area (Å²) in [5.74, 6) is -3.89. The van der Waals surface area contributed by atoms with Crippen LogP contribution in [-0.2, 0) is 38.1 Å². The Morgan fingerprint density at radius 2 is 1.40 bits per heavy atom. The minimum atomic E-state index is -2.50. The van der Waals surface area contributed by atoms with Crippen molar-refractivity contribution in [1.29, 1.82) is 0 Å². The lowest BCUT2D eigenvalue weighted by Gasteiger charge is -2.33. The summed E-state index contributed by atoms with van der Waals surface area (Å²) in [7, 11) is 0. The molecule has 1 amide bonds. The minimum absolute atomic E-state index is 0.0168. The number of nitrogens with zero attached hydrogens (tertiary/aromatic N) is 2. The van der Waals surface area contributed by atoms with Crippen LogP contribution in [0.5, 0.6) is 0 Å². The molecule has 0 aromatic rings. The molecule has 11 heteroatoms. The number of ether oxygens (including phenoxy) is 5. The molecule has 30 heavy (non-hydrogen) atoms. The molecular formula is C19H30N2O9. The van der Waals surface area contributed by atoms with Gasteiger partial charge in [-0.1, -0.05) is 0 Å². The van der Waals surface area contributed by atoms with Crippen molar-refractivity contribution in [3.8, 4) is 0 Å². The van der Waals surface area contributed by atoms with Gasteiger partial charge in [-0.05, 0) is 48.5 Å². The normalized spacial score (nSPS) is 17.6. The van der Waals surface area contributed by atoms with Crippen LogP contribution in [0, 0.1) is 5.41 Å². The molecule has 11 nitrogen and oxygen atoms in total. The van der Waals surface area contributed by atoms with Crippen LogP contribution in [0.25, 0.3) is 0 Å². The first-order valence-corrected chi connectivity index (χ1v) is 9.76. The van der Waals surface area contributed by atoms with Crippen LogP contribution in [0.3, 0.4) is 0 Å². The molecule has 0 saturated heterocycles. The number of carbonyl (C=O) groups is 4. The molecule has 0 radical (unpaired) electrons. The quantitative estimate of drug-likeness (QED) is 0.336. The van der Waals surface area contributed by atoms with Crippen molar-refractivity contribution >= 4 is 29.9 Å². The van der Waals surface area contributed by atoms with Gasteiger partial charge in [-0.25, -0.2) is 9.59 Å². The highest BCUT2D eigenvalue weighted by atomic mass is 16.6. The molecule has 0 fully saturated rings. The van der Waals surface area contributed by atoms with Gasteiger partial charge in [-0.2, -0.15) is 5.01 Å². The van der Waals surface area contributed by atoms with Crippen molar-refractivity contribution < 1.29 is 42.9 Å². The van der Waals surface area contributed by atoms with E-state index in [4.69, 9.17) is 23.7 Å². The molecule has 1 rings (SSSR count). The first-order chi connectivity index (χ1) is 14.0. The lowest BCUT2D eigenvalue weighted by atomic mass is 9.80. The monoisotopic (exact) mass is 430 g/mol. The molecule has 1 heterocycles. The van der Waals surface area contributed by atoms with E-state index in [1.54, 1.807) is 34.6 Å². The topological polar surface area (TPSA) is 130 Å².